The quantitative estimate of drug-likeness (QED) is 0.549. The van der Waals surface area contributed by atoms with Gasteiger partial charge in [-0.15, -0.1) is 0 Å². The standard InChI is InChI=1S/C22H20FN3O3/c1-14-13-25(10-11-26(14)21(28)15-6-3-2-4-7-15)22(29)20(27)16-12-24-18-9-5-8-17(23)19(16)18/h2-9,12,14,24H,10-11,13H2,1H3/t14-/m0/s1. The fraction of sp³-hybridized carbons (Fsp3) is 0.227. The summed E-state index contributed by atoms with van der Waals surface area (Å²) in [6, 6.07) is 13.2. The second-order valence-corrected chi connectivity index (χ2v) is 7.16. The Kier molecular flexibility index (Phi) is 4.88. The van der Waals surface area contributed by atoms with E-state index in [1.54, 1.807) is 35.2 Å². The van der Waals surface area contributed by atoms with E-state index in [0.29, 0.717) is 17.6 Å². The molecule has 2 aromatic carbocycles. The molecule has 1 atom stereocenters. The molecule has 1 saturated heterocycles. The first-order valence-corrected chi connectivity index (χ1v) is 9.42. The van der Waals surface area contributed by atoms with Gasteiger partial charge in [0.05, 0.1) is 5.56 Å². The van der Waals surface area contributed by atoms with Gasteiger partial charge in [-0.25, -0.2) is 4.39 Å². The molecule has 1 fully saturated rings. The SMILES string of the molecule is C[C@H]1CN(C(=O)C(=O)c2c[nH]c3cccc(F)c23)CCN1C(=O)c1ccccc1. The maximum absolute atomic E-state index is 14.2. The van der Waals surface area contributed by atoms with Crippen molar-refractivity contribution < 1.29 is 18.8 Å². The molecule has 1 aliphatic heterocycles. The van der Waals surface area contributed by atoms with Gasteiger partial charge in [-0.2, -0.15) is 0 Å². The molecule has 2 amide bonds. The fourth-order valence-electron chi connectivity index (χ4n) is 3.77. The molecule has 29 heavy (non-hydrogen) atoms. The zero-order valence-electron chi connectivity index (χ0n) is 15.9. The summed E-state index contributed by atoms with van der Waals surface area (Å²) in [7, 11) is 0. The van der Waals surface area contributed by atoms with E-state index in [0.717, 1.165) is 0 Å². The van der Waals surface area contributed by atoms with Crippen LogP contribution in [0.15, 0.2) is 54.7 Å². The summed E-state index contributed by atoms with van der Waals surface area (Å²) in [5, 5.41) is 0.122. The molecule has 0 spiro atoms. The van der Waals surface area contributed by atoms with Gasteiger partial charge in [0.1, 0.15) is 5.82 Å². The normalized spacial score (nSPS) is 16.8. The Hall–Kier alpha value is -3.48. The Labute approximate surface area is 166 Å². The smallest absolute Gasteiger partial charge is 0.295 e. The summed E-state index contributed by atoms with van der Waals surface area (Å²) < 4.78 is 14.2. The maximum Gasteiger partial charge on any atom is 0.295 e. The number of benzene rings is 2. The van der Waals surface area contributed by atoms with Crippen molar-refractivity contribution in [2.75, 3.05) is 19.6 Å². The van der Waals surface area contributed by atoms with E-state index in [2.05, 4.69) is 4.98 Å². The topological polar surface area (TPSA) is 73.5 Å². The highest BCUT2D eigenvalue weighted by molar-refractivity contribution is 6.44. The molecule has 148 valence electrons. The van der Waals surface area contributed by atoms with Gasteiger partial charge in [-0.1, -0.05) is 24.3 Å². The average Bonchev–Trinajstić information content (AvgIpc) is 3.18. The third-order valence-corrected chi connectivity index (χ3v) is 5.29. The van der Waals surface area contributed by atoms with Crippen LogP contribution in [-0.4, -0.2) is 58.1 Å². The zero-order valence-corrected chi connectivity index (χ0v) is 15.9. The number of rotatable bonds is 3. The summed E-state index contributed by atoms with van der Waals surface area (Å²) in [5.74, 6) is -2.09. The summed E-state index contributed by atoms with van der Waals surface area (Å²) in [4.78, 5) is 44.2. The van der Waals surface area contributed by atoms with Gasteiger partial charge < -0.3 is 14.8 Å². The van der Waals surface area contributed by atoms with E-state index in [1.807, 2.05) is 13.0 Å². The van der Waals surface area contributed by atoms with Crippen molar-refractivity contribution in [3.8, 4) is 0 Å². The minimum absolute atomic E-state index is 0.0264. The van der Waals surface area contributed by atoms with Gasteiger partial charge in [0.2, 0.25) is 0 Å². The van der Waals surface area contributed by atoms with Gasteiger partial charge >= 0.3 is 0 Å². The van der Waals surface area contributed by atoms with Gasteiger partial charge in [0, 0.05) is 48.3 Å². The number of H-pyrrole nitrogens is 1. The number of piperazine rings is 1. The van der Waals surface area contributed by atoms with Crippen molar-refractivity contribution in [1.29, 1.82) is 0 Å². The lowest BCUT2D eigenvalue weighted by molar-refractivity contribution is -0.128. The van der Waals surface area contributed by atoms with Gasteiger partial charge in [-0.05, 0) is 31.2 Å². The Morgan fingerprint density at radius 1 is 1.03 bits per heavy atom. The van der Waals surface area contributed by atoms with E-state index >= 15 is 0 Å². The van der Waals surface area contributed by atoms with Gasteiger partial charge in [-0.3, -0.25) is 14.4 Å². The van der Waals surface area contributed by atoms with E-state index in [1.165, 1.54) is 23.2 Å². The number of carbonyl (C=O) groups excluding carboxylic acids is 3. The molecule has 2 heterocycles. The number of nitrogens with zero attached hydrogens (tertiary/aromatic N) is 2. The van der Waals surface area contributed by atoms with Crippen LogP contribution in [0.25, 0.3) is 10.9 Å². The number of hydrogen-bond acceptors (Lipinski definition) is 3. The molecule has 7 heteroatoms. The Morgan fingerprint density at radius 3 is 2.52 bits per heavy atom. The molecule has 0 bridgehead atoms. The number of halogens is 1. The summed E-state index contributed by atoms with van der Waals surface area (Å²) in [5.41, 5.74) is 1.08. The van der Waals surface area contributed by atoms with Crippen LogP contribution in [0.3, 0.4) is 0 Å². The number of ketones is 1. The van der Waals surface area contributed by atoms with Crippen molar-refractivity contribution in [3.63, 3.8) is 0 Å². The summed E-state index contributed by atoms with van der Waals surface area (Å²) in [6.45, 7) is 2.67. The molecular weight excluding hydrogens is 373 g/mol. The molecule has 0 radical (unpaired) electrons. The van der Waals surface area contributed by atoms with Crippen LogP contribution in [-0.2, 0) is 4.79 Å². The predicted molar refractivity (Wildman–Crippen MR) is 106 cm³/mol. The first-order chi connectivity index (χ1) is 14.0. The van der Waals surface area contributed by atoms with Crippen LogP contribution in [0.4, 0.5) is 4.39 Å². The number of nitrogens with one attached hydrogen (secondary N) is 1. The van der Waals surface area contributed by atoms with Crippen LogP contribution < -0.4 is 0 Å². The molecule has 6 nitrogen and oxygen atoms in total. The first-order valence-electron chi connectivity index (χ1n) is 9.42. The highest BCUT2D eigenvalue weighted by Crippen LogP contribution is 2.23. The van der Waals surface area contributed by atoms with Crippen molar-refractivity contribution in [2.45, 2.75) is 13.0 Å². The Balaban J connectivity index is 1.49. The number of aromatic amines is 1. The Morgan fingerprint density at radius 2 is 1.79 bits per heavy atom. The minimum atomic E-state index is -0.753. The molecule has 3 aromatic rings. The molecule has 1 aromatic heterocycles. The van der Waals surface area contributed by atoms with Crippen molar-refractivity contribution >= 4 is 28.5 Å². The second kappa shape index (κ2) is 7.50. The number of carbonyl (C=O) groups is 3. The van der Waals surface area contributed by atoms with Crippen LogP contribution in [0.1, 0.15) is 27.6 Å². The lowest BCUT2D eigenvalue weighted by atomic mass is 10.1. The predicted octanol–water partition coefficient (Wildman–Crippen LogP) is 2.86. The van der Waals surface area contributed by atoms with Crippen molar-refractivity contribution in [2.24, 2.45) is 0 Å². The molecule has 4 rings (SSSR count). The van der Waals surface area contributed by atoms with Crippen molar-refractivity contribution in [3.05, 3.63) is 71.7 Å². The van der Waals surface area contributed by atoms with Crippen LogP contribution in [0, 0.1) is 5.82 Å². The third-order valence-electron chi connectivity index (χ3n) is 5.29. The number of hydrogen-bond donors (Lipinski definition) is 1. The van der Waals surface area contributed by atoms with E-state index in [9.17, 15) is 18.8 Å². The number of fused-ring (bicyclic) bond motifs is 1. The molecule has 1 aliphatic rings. The minimum Gasteiger partial charge on any atom is -0.360 e. The van der Waals surface area contributed by atoms with E-state index in [4.69, 9.17) is 0 Å². The number of amides is 2. The molecule has 0 unspecified atom stereocenters. The lowest BCUT2D eigenvalue weighted by Crippen LogP contribution is -2.56. The monoisotopic (exact) mass is 393 g/mol. The Bertz CT molecular complexity index is 1090. The number of Topliss-reactive ketones (excluding diaryl/α,β-unsaturated/α-hetero) is 1. The zero-order chi connectivity index (χ0) is 20.5. The fourth-order valence-corrected chi connectivity index (χ4v) is 3.77. The summed E-state index contributed by atoms with van der Waals surface area (Å²) in [6.07, 6.45) is 1.37. The highest BCUT2D eigenvalue weighted by Gasteiger charge is 2.33. The maximum atomic E-state index is 14.2. The molecule has 0 aliphatic carbocycles. The second-order valence-electron chi connectivity index (χ2n) is 7.16. The first kappa shape index (κ1) is 18.9. The average molecular weight is 393 g/mol. The van der Waals surface area contributed by atoms with Crippen LogP contribution in [0.2, 0.25) is 0 Å². The van der Waals surface area contributed by atoms with Gasteiger partial charge in [0.15, 0.2) is 0 Å². The van der Waals surface area contributed by atoms with E-state index in [-0.39, 0.29) is 36.0 Å². The van der Waals surface area contributed by atoms with Crippen LogP contribution in [0.5, 0.6) is 0 Å². The molecule has 1 N–H and O–H groups in total. The largest absolute Gasteiger partial charge is 0.360 e. The van der Waals surface area contributed by atoms with E-state index < -0.39 is 17.5 Å². The molecular formula is C22H20FN3O3. The highest BCUT2D eigenvalue weighted by atomic mass is 19.1. The van der Waals surface area contributed by atoms with Crippen molar-refractivity contribution in [1.82, 2.24) is 14.8 Å². The summed E-state index contributed by atoms with van der Waals surface area (Å²) >= 11 is 0. The molecule has 0 saturated carbocycles. The van der Waals surface area contributed by atoms with Crippen LogP contribution >= 0.6 is 0 Å². The lowest BCUT2D eigenvalue weighted by Gasteiger charge is -2.39. The third kappa shape index (κ3) is 3.40. The number of aromatic nitrogens is 1. The van der Waals surface area contributed by atoms with Gasteiger partial charge in [0.25, 0.3) is 17.6 Å².